The van der Waals surface area contributed by atoms with E-state index in [9.17, 15) is 13.2 Å². The number of hydrogen-bond donors (Lipinski definition) is 2. The molecule has 2 N–H and O–H groups in total. The Morgan fingerprint density at radius 2 is 2.04 bits per heavy atom. The van der Waals surface area contributed by atoms with E-state index in [-0.39, 0.29) is 23.4 Å². The standard InChI is InChI=1S/C20H25N3O3S2/c1-2-10-22-28(25,26)17-8-5-7-16(14-17)20(24)21-15-18(19-9-6-13-27-19)23-11-3-4-12-23/h2,5-9,13-14,18,22H,1,3-4,10-12,15H2,(H,21,24). The van der Waals surface area contributed by atoms with Gasteiger partial charge in [-0.1, -0.05) is 18.2 Å². The van der Waals surface area contributed by atoms with E-state index in [0.29, 0.717) is 12.1 Å². The average molecular weight is 420 g/mol. The Labute approximate surface area is 170 Å². The summed E-state index contributed by atoms with van der Waals surface area (Å²) in [5.41, 5.74) is 0.327. The fourth-order valence-corrected chi connectivity index (χ4v) is 5.20. The number of rotatable bonds is 9. The van der Waals surface area contributed by atoms with Gasteiger partial charge >= 0.3 is 0 Å². The molecule has 2 aromatic rings. The summed E-state index contributed by atoms with van der Waals surface area (Å²) >= 11 is 1.69. The van der Waals surface area contributed by atoms with Crippen LogP contribution in [0.1, 0.15) is 34.1 Å². The van der Waals surface area contributed by atoms with Crippen molar-refractivity contribution in [2.24, 2.45) is 0 Å². The van der Waals surface area contributed by atoms with E-state index in [1.807, 2.05) is 11.4 Å². The summed E-state index contributed by atoms with van der Waals surface area (Å²) in [5.74, 6) is -0.276. The van der Waals surface area contributed by atoms with Crippen LogP contribution in [0.5, 0.6) is 0 Å². The van der Waals surface area contributed by atoms with Gasteiger partial charge in [0, 0.05) is 23.5 Å². The van der Waals surface area contributed by atoms with E-state index >= 15 is 0 Å². The third kappa shape index (κ3) is 5.08. The maximum atomic E-state index is 12.7. The molecule has 150 valence electrons. The number of nitrogens with one attached hydrogen (secondary N) is 2. The molecule has 1 aliphatic rings. The lowest BCUT2D eigenvalue weighted by Crippen LogP contribution is -2.36. The monoisotopic (exact) mass is 419 g/mol. The van der Waals surface area contributed by atoms with Crippen LogP contribution < -0.4 is 10.0 Å². The van der Waals surface area contributed by atoms with Crippen molar-refractivity contribution in [1.82, 2.24) is 14.9 Å². The van der Waals surface area contributed by atoms with Gasteiger partial charge in [-0.05, 0) is 55.6 Å². The summed E-state index contributed by atoms with van der Waals surface area (Å²) in [6, 6.07) is 10.3. The van der Waals surface area contributed by atoms with Crippen LogP contribution in [0.15, 0.2) is 59.3 Å². The lowest BCUT2D eigenvalue weighted by atomic mass is 10.2. The summed E-state index contributed by atoms with van der Waals surface area (Å²) in [6.07, 6.45) is 3.82. The van der Waals surface area contributed by atoms with Gasteiger partial charge in [0.15, 0.2) is 0 Å². The van der Waals surface area contributed by atoms with Gasteiger partial charge in [0.2, 0.25) is 10.0 Å². The van der Waals surface area contributed by atoms with Crippen molar-refractivity contribution < 1.29 is 13.2 Å². The molecule has 1 saturated heterocycles. The van der Waals surface area contributed by atoms with Crippen molar-refractivity contribution in [1.29, 1.82) is 0 Å². The quantitative estimate of drug-likeness (QED) is 0.613. The van der Waals surface area contributed by atoms with Crippen LogP contribution in [-0.4, -0.2) is 45.4 Å². The molecule has 2 heterocycles. The van der Waals surface area contributed by atoms with E-state index in [1.165, 1.54) is 35.9 Å². The molecule has 0 bridgehead atoms. The Morgan fingerprint density at radius 3 is 2.71 bits per heavy atom. The van der Waals surface area contributed by atoms with Gasteiger partial charge < -0.3 is 5.32 Å². The zero-order valence-corrected chi connectivity index (χ0v) is 17.3. The Bertz CT molecular complexity index is 905. The third-order valence-corrected chi connectivity index (χ3v) is 7.13. The minimum Gasteiger partial charge on any atom is -0.350 e. The van der Waals surface area contributed by atoms with Crippen molar-refractivity contribution in [3.05, 3.63) is 64.9 Å². The van der Waals surface area contributed by atoms with E-state index < -0.39 is 10.0 Å². The largest absolute Gasteiger partial charge is 0.350 e. The molecule has 28 heavy (non-hydrogen) atoms. The topological polar surface area (TPSA) is 78.5 Å². The fourth-order valence-electron chi connectivity index (χ4n) is 3.29. The number of hydrogen-bond acceptors (Lipinski definition) is 5. The van der Waals surface area contributed by atoms with Crippen molar-refractivity contribution in [2.75, 3.05) is 26.2 Å². The molecule has 0 radical (unpaired) electrons. The molecule has 0 spiro atoms. The first kappa shape index (κ1) is 20.7. The number of carbonyl (C=O) groups is 1. The fraction of sp³-hybridized carbons (Fsp3) is 0.350. The van der Waals surface area contributed by atoms with Crippen molar-refractivity contribution in [2.45, 2.75) is 23.8 Å². The van der Waals surface area contributed by atoms with E-state index in [4.69, 9.17) is 0 Å². The summed E-state index contributed by atoms with van der Waals surface area (Å²) in [6.45, 7) is 6.19. The van der Waals surface area contributed by atoms with Gasteiger partial charge in [0.05, 0.1) is 10.9 Å². The SMILES string of the molecule is C=CCNS(=O)(=O)c1cccc(C(=O)NCC(c2cccs2)N2CCCC2)c1. The lowest BCUT2D eigenvalue weighted by molar-refractivity contribution is 0.0938. The maximum absolute atomic E-state index is 12.7. The molecule has 1 aliphatic heterocycles. The van der Waals surface area contributed by atoms with Crippen LogP contribution in [0.4, 0.5) is 0 Å². The first-order valence-electron chi connectivity index (χ1n) is 9.27. The maximum Gasteiger partial charge on any atom is 0.251 e. The summed E-state index contributed by atoms with van der Waals surface area (Å²) < 4.78 is 26.9. The molecule has 1 atom stereocenters. The molecule has 1 aromatic heterocycles. The minimum atomic E-state index is -3.67. The number of sulfonamides is 1. The van der Waals surface area contributed by atoms with Crippen molar-refractivity contribution in [3.8, 4) is 0 Å². The van der Waals surface area contributed by atoms with Crippen LogP contribution in [0.3, 0.4) is 0 Å². The molecule has 6 nitrogen and oxygen atoms in total. The second kappa shape index (κ2) is 9.47. The first-order valence-corrected chi connectivity index (χ1v) is 11.6. The number of nitrogens with zero attached hydrogens (tertiary/aromatic N) is 1. The lowest BCUT2D eigenvalue weighted by Gasteiger charge is -2.27. The third-order valence-electron chi connectivity index (χ3n) is 4.73. The zero-order valence-electron chi connectivity index (χ0n) is 15.6. The number of amides is 1. The Morgan fingerprint density at radius 1 is 1.25 bits per heavy atom. The highest BCUT2D eigenvalue weighted by Crippen LogP contribution is 2.28. The predicted molar refractivity (Wildman–Crippen MR) is 112 cm³/mol. The van der Waals surface area contributed by atoms with Gasteiger partial charge in [-0.25, -0.2) is 13.1 Å². The molecule has 0 aliphatic carbocycles. The molecular formula is C20H25N3O3S2. The highest BCUT2D eigenvalue weighted by molar-refractivity contribution is 7.89. The molecule has 1 aromatic carbocycles. The molecular weight excluding hydrogens is 394 g/mol. The van der Waals surface area contributed by atoms with Crippen molar-refractivity contribution >= 4 is 27.3 Å². The summed E-state index contributed by atoms with van der Waals surface area (Å²) in [7, 11) is -3.67. The molecule has 1 unspecified atom stereocenters. The second-order valence-electron chi connectivity index (χ2n) is 6.65. The van der Waals surface area contributed by atoms with Crippen LogP contribution in [0, 0.1) is 0 Å². The van der Waals surface area contributed by atoms with Gasteiger partial charge in [0.25, 0.3) is 5.91 Å². The van der Waals surface area contributed by atoms with Gasteiger partial charge in [-0.3, -0.25) is 9.69 Å². The predicted octanol–water partition coefficient (Wildman–Crippen LogP) is 2.78. The van der Waals surface area contributed by atoms with E-state index in [2.05, 4.69) is 27.6 Å². The second-order valence-corrected chi connectivity index (χ2v) is 9.40. The smallest absolute Gasteiger partial charge is 0.251 e. The Hall–Kier alpha value is -2.00. The highest BCUT2D eigenvalue weighted by atomic mass is 32.2. The first-order chi connectivity index (χ1) is 13.5. The molecule has 0 saturated carbocycles. The number of carbonyl (C=O) groups excluding carboxylic acids is 1. The van der Waals surface area contributed by atoms with Crippen molar-refractivity contribution in [3.63, 3.8) is 0 Å². The zero-order chi connectivity index (χ0) is 20.0. The van der Waals surface area contributed by atoms with E-state index in [0.717, 1.165) is 13.1 Å². The van der Waals surface area contributed by atoms with Gasteiger partial charge in [0.1, 0.15) is 0 Å². The number of likely N-dealkylation sites (tertiary alicyclic amines) is 1. The normalized spacial score (nSPS) is 16.0. The summed E-state index contributed by atoms with van der Waals surface area (Å²) in [5, 5.41) is 5.03. The number of thiophene rings is 1. The van der Waals surface area contributed by atoms with Gasteiger partial charge in [-0.15, -0.1) is 17.9 Å². The van der Waals surface area contributed by atoms with Crippen LogP contribution in [0.2, 0.25) is 0 Å². The van der Waals surface area contributed by atoms with E-state index in [1.54, 1.807) is 23.5 Å². The Kier molecular flexibility index (Phi) is 7.01. The molecule has 1 amide bonds. The Balaban J connectivity index is 1.70. The summed E-state index contributed by atoms with van der Waals surface area (Å²) in [4.78, 5) is 16.4. The molecule has 3 rings (SSSR count). The van der Waals surface area contributed by atoms with Crippen LogP contribution in [0.25, 0.3) is 0 Å². The molecule has 8 heteroatoms. The minimum absolute atomic E-state index is 0.0661. The average Bonchev–Trinajstić information content (AvgIpc) is 3.41. The van der Waals surface area contributed by atoms with Crippen LogP contribution in [-0.2, 0) is 10.0 Å². The highest BCUT2D eigenvalue weighted by Gasteiger charge is 2.25. The van der Waals surface area contributed by atoms with Gasteiger partial charge in [-0.2, -0.15) is 0 Å². The number of benzene rings is 1. The van der Waals surface area contributed by atoms with Crippen LogP contribution >= 0.6 is 11.3 Å². The molecule has 1 fully saturated rings.